The number of aryl methyl sites for hydroxylation is 1. The lowest BCUT2D eigenvalue weighted by Crippen LogP contribution is -2.42. The second-order valence-corrected chi connectivity index (χ2v) is 29.2. The van der Waals surface area contributed by atoms with Crippen LogP contribution >= 0.6 is 11.3 Å². The number of benzene rings is 7. The summed E-state index contributed by atoms with van der Waals surface area (Å²) in [4.78, 5) is 2.72. The Bertz CT molecular complexity index is 3740. The predicted molar refractivity (Wildman–Crippen MR) is 322 cm³/mol. The smallest absolute Gasteiger partial charge is 0.197 e. The molecule has 1 radical (unpaired) electrons. The van der Waals surface area contributed by atoms with Gasteiger partial charge in [-0.2, -0.15) is 0 Å². The summed E-state index contributed by atoms with van der Waals surface area (Å²) in [5.41, 5.74) is 27.3. The third-order valence-electron chi connectivity index (χ3n) is 20.0. The third-order valence-corrected chi connectivity index (χ3v) is 21.1. The molecule has 0 unspecified atom stereocenters. The molecule has 1 N–H and O–H groups in total. The zero-order chi connectivity index (χ0) is 52.0. The van der Waals surface area contributed by atoms with Crippen molar-refractivity contribution >= 4 is 78.2 Å². The van der Waals surface area contributed by atoms with E-state index in [1.165, 1.54) is 158 Å². The number of nitrogens with one attached hydrogen (secondary N) is 1. The topological polar surface area (TPSA) is 15.3 Å². The number of nitrogens with zero attached hydrogens (tertiary/aromatic N) is 1. The third kappa shape index (κ3) is 6.94. The van der Waals surface area contributed by atoms with Crippen LogP contribution in [0.25, 0.3) is 42.4 Å². The van der Waals surface area contributed by atoms with Crippen molar-refractivity contribution in [3.8, 4) is 22.3 Å². The van der Waals surface area contributed by atoms with E-state index >= 15 is 0 Å². The highest BCUT2D eigenvalue weighted by Crippen LogP contribution is 2.58. The Kier molecular flexibility index (Phi) is 10.1. The molecular formula is C70H76BN2S. The van der Waals surface area contributed by atoms with Crippen molar-refractivity contribution in [3.63, 3.8) is 0 Å². The Hall–Kier alpha value is -5.58. The molecule has 0 amide bonds. The number of hydrogen-bond acceptors (Lipinski definition) is 3. The first kappa shape index (κ1) is 48.1. The molecule has 13 rings (SSSR count). The van der Waals surface area contributed by atoms with E-state index in [1.54, 1.807) is 0 Å². The van der Waals surface area contributed by atoms with Crippen molar-refractivity contribution in [1.29, 1.82) is 0 Å². The molecule has 7 aromatic carbocycles. The second-order valence-electron chi connectivity index (χ2n) is 28.1. The Morgan fingerprint density at radius 1 is 0.432 bits per heavy atom. The second kappa shape index (κ2) is 15.5. The van der Waals surface area contributed by atoms with Crippen molar-refractivity contribution in [2.24, 2.45) is 0 Å². The average molecular weight is 988 g/mol. The molecule has 5 aliphatic rings. The van der Waals surface area contributed by atoms with Crippen LogP contribution in [-0.4, -0.2) is 7.28 Å². The summed E-state index contributed by atoms with van der Waals surface area (Å²) in [5, 5.41) is 6.95. The fraction of sp³-hybridized carbons (Fsp3) is 0.400. The van der Waals surface area contributed by atoms with E-state index in [2.05, 4.69) is 231 Å². The highest BCUT2D eigenvalue weighted by Gasteiger charge is 2.45. The van der Waals surface area contributed by atoms with Gasteiger partial charge >= 0.3 is 0 Å². The van der Waals surface area contributed by atoms with Crippen molar-refractivity contribution in [2.75, 3.05) is 10.2 Å². The summed E-state index contributed by atoms with van der Waals surface area (Å²) in [6.45, 7) is 37.0. The molecule has 1 aromatic heterocycles. The summed E-state index contributed by atoms with van der Waals surface area (Å²) >= 11 is 1.92. The first-order chi connectivity index (χ1) is 34.8. The van der Waals surface area contributed by atoms with E-state index in [4.69, 9.17) is 0 Å². The number of rotatable bonds is 4. The fourth-order valence-electron chi connectivity index (χ4n) is 14.8. The van der Waals surface area contributed by atoms with E-state index in [0.717, 1.165) is 12.8 Å². The minimum Gasteiger partial charge on any atom is -0.355 e. The molecule has 0 saturated carbocycles. The molecule has 0 spiro atoms. The number of thiophene rings is 1. The van der Waals surface area contributed by atoms with Crippen LogP contribution in [0.2, 0.25) is 0 Å². The van der Waals surface area contributed by atoms with Gasteiger partial charge in [-0.1, -0.05) is 157 Å². The van der Waals surface area contributed by atoms with Crippen LogP contribution in [0.1, 0.15) is 186 Å². The van der Waals surface area contributed by atoms with Crippen LogP contribution in [0.4, 0.5) is 28.4 Å². The molecule has 4 heteroatoms. The minimum atomic E-state index is -0.244. The van der Waals surface area contributed by atoms with Gasteiger partial charge in [0.15, 0.2) is 7.28 Å². The molecule has 2 heterocycles. The van der Waals surface area contributed by atoms with Crippen molar-refractivity contribution < 1.29 is 0 Å². The van der Waals surface area contributed by atoms with E-state index in [1.807, 2.05) is 11.3 Å². The molecule has 2 nitrogen and oxygen atoms in total. The van der Waals surface area contributed by atoms with Gasteiger partial charge in [-0.3, -0.25) is 0 Å². The lowest BCUT2D eigenvalue weighted by Gasteiger charge is -2.44. The lowest BCUT2D eigenvalue weighted by atomic mass is 9.56. The van der Waals surface area contributed by atoms with Crippen LogP contribution in [0.5, 0.6) is 0 Å². The maximum Gasteiger partial charge on any atom is 0.197 e. The first-order valence-corrected chi connectivity index (χ1v) is 28.8. The molecule has 0 fully saturated rings. The summed E-state index contributed by atoms with van der Waals surface area (Å²) in [6, 6.07) is 43.9. The Morgan fingerprint density at radius 2 is 0.986 bits per heavy atom. The van der Waals surface area contributed by atoms with E-state index < -0.39 is 0 Å². The van der Waals surface area contributed by atoms with Gasteiger partial charge in [-0.25, -0.2) is 0 Å². The van der Waals surface area contributed by atoms with Crippen LogP contribution < -0.4 is 21.1 Å². The highest BCUT2D eigenvalue weighted by molar-refractivity contribution is 7.26. The molecule has 0 bridgehead atoms. The molecule has 4 aliphatic carbocycles. The summed E-state index contributed by atoms with van der Waals surface area (Å²) in [6.07, 6.45) is 7.05. The maximum atomic E-state index is 4.28. The predicted octanol–water partition coefficient (Wildman–Crippen LogP) is 18.6. The maximum absolute atomic E-state index is 4.28. The largest absolute Gasteiger partial charge is 0.355 e. The monoisotopic (exact) mass is 988 g/mol. The van der Waals surface area contributed by atoms with Crippen molar-refractivity contribution in [1.82, 2.24) is 0 Å². The normalized spacial score (nSPS) is 20.3. The molecule has 74 heavy (non-hydrogen) atoms. The van der Waals surface area contributed by atoms with E-state index in [9.17, 15) is 0 Å². The molecule has 0 saturated heterocycles. The molecule has 8 aromatic rings. The number of fused-ring (bicyclic) bond motifs is 11. The van der Waals surface area contributed by atoms with Crippen molar-refractivity contribution in [3.05, 3.63) is 159 Å². The van der Waals surface area contributed by atoms with Gasteiger partial charge in [0.2, 0.25) is 0 Å². The van der Waals surface area contributed by atoms with Crippen LogP contribution in [0, 0.1) is 6.92 Å². The fourth-order valence-corrected chi connectivity index (χ4v) is 15.9. The highest BCUT2D eigenvalue weighted by atomic mass is 32.1. The summed E-state index contributed by atoms with van der Waals surface area (Å²) in [5.74, 6) is 0. The molecule has 375 valence electrons. The Balaban J connectivity index is 1.15. The quantitative estimate of drug-likeness (QED) is 0.177. The lowest BCUT2D eigenvalue weighted by molar-refractivity contribution is 0.332. The Labute approximate surface area is 447 Å². The number of anilines is 5. The van der Waals surface area contributed by atoms with E-state index in [0.29, 0.717) is 0 Å². The van der Waals surface area contributed by atoms with E-state index in [-0.39, 0.29) is 37.9 Å². The van der Waals surface area contributed by atoms with Crippen LogP contribution in [0.15, 0.2) is 109 Å². The minimum absolute atomic E-state index is 0.00467. The van der Waals surface area contributed by atoms with Gasteiger partial charge in [-0.15, -0.1) is 11.3 Å². The van der Waals surface area contributed by atoms with Crippen LogP contribution in [-0.2, 0) is 37.9 Å². The first-order valence-electron chi connectivity index (χ1n) is 28.0. The van der Waals surface area contributed by atoms with Gasteiger partial charge in [0.05, 0.1) is 0 Å². The molecule has 1 aliphatic heterocycles. The number of hydrogen-bond donors (Lipinski definition) is 1. The Morgan fingerprint density at radius 3 is 1.66 bits per heavy atom. The zero-order valence-electron chi connectivity index (χ0n) is 47.1. The zero-order valence-corrected chi connectivity index (χ0v) is 47.9. The van der Waals surface area contributed by atoms with Gasteiger partial charge in [0.25, 0.3) is 0 Å². The standard InChI is InChI=1S/C70H76BN2S/c1-40-32-48-52(69(12,13)31-28-65(48,4)5)37-56(40)73-57-35-44-42-20-17-19-23-59(42)74-60(44)39-54(57)71-63-58(73)38-53-61(43-21-16-18-22-46(43)70(53,14)15)62(63)45-34-50-51(68(10,11)30-29-67(50,8)9)36-55(45)72-41-24-25-47-49(33-41)66(6,7)27-26-64(47,2)3/h16-25,32-39,72H,26-31H2,1-15H3. The SMILES string of the molecule is Cc1cc2c(cc1N1c3cc4c(cc3[B]c3c1cc1c(c3-c3cc5c(cc3Nc3ccc6c(c3)C(C)(C)CCC6(C)C)C(C)(C)CCC5(C)C)-c3ccccc3C1(C)C)sc1ccccc14)C(C)(C)CCC2(C)C. The van der Waals surface area contributed by atoms with Crippen molar-refractivity contribution in [2.45, 2.75) is 180 Å². The van der Waals surface area contributed by atoms with Crippen LogP contribution in [0.3, 0.4) is 0 Å². The summed E-state index contributed by atoms with van der Waals surface area (Å²) in [7, 11) is 2.59. The molecule has 0 atom stereocenters. The van der Waals surface area contributed by atoms with Gasteiger partial charge in [0, 0.05) is 59.6 Å². The summed E-state index contributed by atoms with van der Waals surface area (Å²) < 4.78 is 2.67. The van der Waals surface area contributed by atoms with Gasteiger partial charge in [0.1, 0.15) is 0 Å². The molecular weight excluding hydrogens is 912 g/mol. The van der Waals surface area contributed by atoms with Gasteiger partial charge < -0.3 is 10.2 Å². The van der Waals surface area contributed by atoms with Gasteiger partial charge in [-0.05, 0) is 205 Å². The average Bonchev–Trinajstić information content (AvgIpc) is 3.84.